The van der Waals surface area contributed by atoms with Gasteiger partial charge in [-0.3, -0.25) is 19.7 Å². The third-order valence-corrected chi connectivity index (χ3v) is 2.85. The molecule has 0 fully saturated rings. The van der Waals surface area contributed by atoms with Crippen LogP contribution in [0, 0.1) is 0 Å². The minimum Gasteiger partial charge on any atom is -0.368 e. The van der Waals surface area contributed by atoms with E-state index in [9.17, 15) is 14.4 Å². The lowest BCUT2D eigenvalue weighted by atomic mass is 9.96. The summed E-state index contributed by atoms with van der Waals surface area (Å²) in [6.45, 7) is 4.36. The molecule has 0 saturated heterocycles. The maximum Gasteiger partial charge on any atom is 0.237 e. The number of Topliss-reactive ketones (excluding diaryl/α,β-unsaturated/α-hetero) is 2. The summed E-state index contributed by atoms with van der Waals surface area (Å²) in [7, 11) is 0. The van der Waals surface area contributed by atoms with Crippen molar-refractivity contribution < 1.29 is 14.4 Å². The summed E-state index contributed by atoms with van der Waals surface area (Å²) in [5.74, 6) is -1.36. The van der Waals surface area contributed by atoms with Gasteiger partial charge in [0, 0.05) is 5.56 Å². The number of amides is 1. The number of ketones is 2. The Labute approximate surface area is 112 Å². The van der Waals surface area contributed by atoms with Crippen molar-refractivity contribution in [3.63, 3.8) is 0 Å². The third-order valence-electron chi connectivity index (χ3n) is 2.85. The lowest BCUT2D eigenvalue weighted by molar-refractivity contribution is -0.124. The fraction of sp³-hybridized carbons (Fsp3) is 0.357. The van der Waals surface area contributed by atoms with Crippen LogP contribution in [0.2, 0.25) is 0 Å². The van der Waals surface area contributed by atoms with Crippen LogP contribution in [0.5, 0.6) is 0 Å². The second-order valence-electron chi connectivity index (χ2n) is 4.91. The van der Waals surface area contributed by atoms with Gasteiger partial charge in [-0.15, -0.1) is 0 Å². The highest BCUT2D eigenvalue weighted by molar-refractivity contribution is 6.13. The molecule has 102 valence electrons. The van der Waals surface area contributed by atoms with Gasteiger partial charge in [0.05, 0.1) is 5.54 Å². The van der Waals surface area contributed by atoms with Gasteiger partial charge in [0.1, 0.15) is 6.04 Å². The molecule has 0 aromatic heterocycles. The lowest BCUT2D eigenvalue weighted by Crippen LogP contribution is -2.58. The molecule has 0 aliphatic carbocycles. The number of primary amides is 1. The first-order valence-corrected chi connectivity index (χ1v) is 5.93. The quantitative estimate of drug-likeness (QED) is 0.583. The highest BCUT2D eigenvalue weighted by Crippen LogP contribution is 2.09. The van der Waals surface area contributed by atoms with Crippen molar-refractivity contribution >= 4 is 17.5 Å². The number of hydrogen-bond acceptors (Lipinski definition) is 4. The number of rotatable bonds is 6. The first-order valence-electron chi connectivity index (χ1n) is 5.93. The monoisotopic (exact) mass is 262 g/mol. The molecule has 0 spiro atoms. The first kappa shape index (κ1) is 15.0. The number of carbonyl (C=O) groups excluding carboxylic acids is 3. The lowest BCUT2D eigenvalue weighted by Gasteiger charge is -2.27. The molecule has 1 atom stereocenters. The standard InChI is InChI=1S/C14H18N2O3/c1-9(17)11(16-14(2,3)13(15)19)12(18)10-7-5-4-6-8-10/h4-8,11,16H,1-3H3,(H2,15,19). The highest BCUT2D eigenvalue weighted by atomic mass is 16.2. The Morgan fingerprint density at radius 2 is 1.68 bits per heavy atom. The van der Waals surface area contributed by atoms with Gasteiger partial charge < -0.3 is 5.73 Å². The fourth-order valence-electron chi connectivity index (χ4n) is 1.55. The second kappa shape index (κ2) is 5.75. The van der Waals surface area contributed by atoms with Gasteiger partial charge in [0.25, 0.3) is 0 Å². The molecule has 1 aromatic carbocycles. The normalized spacial score (nSPS) is 12.8. The van der Waals surface area contributed by atoms with E-state index in [0.29, 0.717) is 5.56 Å². The van der Waals surface area contributed by atoms with E-state index in [1.54, 1.807) is 30.3 Å². The molecule has 0 heterocycles. The average molecular weight is 262 g/mol. The van der Waals surface area contributed by atoms with E-state index < -0.39 is 17.5 Å². The van der Waals surface area contributed by atoms with Crippen molar-refractivity contribution in [2.45, 2.75) is 32.4 Å². The number of carbonyl (C=O) groups is 3. The van der Waals surface area contributed by atoms with E-state index in [1.165, 1.54) is 20.8 Å². The summed E-state index contributed by atoms with van der Waals surface area (Å²) in [6, 6.07) is 7.37. The first-order chi connectivity index (χ1) is 8.75. The van der Waals surface area contributed by atoms with Crippen LogP contribution >= 0.6 is 0 Å². The van der Waals surface area contributed by atoms with Crippen molar-refractivity contribution in [2.75, 3.05) is 0 Å². The van der Waals surface area contributed by atoms with E-state index in [-0.39, 0.29) is 11.6 Å². The SMILES string of the molecule is CC(=O)C(NC(C)(C)C(N)=O)C(=O)c1ccccc1. The van der Waals surface area contributed by atoms with Gasteiger partial charge in [-0.25, -0.2) is 0 Å². The smallest absolute Gasteiger partial charge is 0.237 e. The molecule has 0 bridgehead atoms. The van der Waals surface area contributed by atoms with Crippen LogP contribution in [0.4, 0.5) is 0 Å². The highest BCUT2D eigenvalue weighted by Gasteiger charge is 2.33. The van der Waals surface area contributed by atoms with Crippen molar-refractivity contribution in [2.24, 2.45) is 5.73 Å². The summed E-state index contributed by atoms with van der Waals surface area (Å²) < 4.78 is 0. The molecule has 1 rings (SSSR count). The third kappa shape index (κ3) is 3.72. The zero-order valence-corrected chi connectivity index (χ0v) is 11.3. The van der Waals surface area contributed by atoms with Gasteiger partial charge in [-0.1, -0.05) is 30.3 Å². The van der Waals surface area contributed by atoms with Crippen LogP contribution < -0.4 is 11.1 Å². The van der Waals surface area contributed by atoms with Crippen LogP contribution in [-0.2, 0) is 9.59 Å². The van der Waals surface area contributed by atoms with E-state index in [0.717, 1.165) is 0 Å². The van der Waals surface area contributed by atoms with E-state index in [1.807, 2.05) is 0 Å². The molecule has 5 heteroatoms. The number of nitrogens with one attached hydrogen (secondary N) is 1. The summed E-state index contributed by atoms with van der Waals surface area (Å²) in [5.41, 5.74) is 4.51. The maximum absolute atomic E-state index is 12.3. The van der Waals surface area contributed by atoms with Gasteiger partial charge in [0.15, 0.2) is 11.6 Å². The van der Waals surface area contributed by atoms with Crippen LogP contribution in [0.25, 0.3) is 0 Å². The van der Waals surface area contributed by atoms with Crippen LogP contribution in [-0.4, -0.2) is 29.1 Å². The molecule has 3 N–H and O–H groups in total. The van der Waals surface area contributed by atoms with Crippen molar-refractivity contribution in [1.29, 1.82) is 0 Å². The van der Waals surface area contributed by atoms with Crippen LogP contribution in [0.15, 0.2) is 30.3 Å². The predicted octanol–water partition coefficient (Wildman–Crippen LogP) is 0.680. The van der Waals surface area contributed by atoms with Crippen LogP contribution in [0.1, 0.15) is 31.1 Å². The van der Waals surface area contributed by atoms with Crippen LogP contribution in [0.3, 0.4) is 0 Å². The minimum atomic E-state index is -1.14. The van der Waals surface area contributed by atoms with E-state index in [4.69, 9.17) is 5.73 Å². The Kier molecular flexibility index (Phi) is 4.56. The van der Waals surface area contributed by atoms with Gasteiger partial charge in [-0.05, 0) is 20.8 Å². The van der Waals surface area contributed by atoms with E-state index in [2.05, 4.69) is 5.32 Å². The molecule has 1 amide bonds. The molecule has 0 saturated carbocycles. The summed E-state index contributed by atoms with van der Waals surface area (Å²) in [5, 5.41) is 2.72. The number of hydrogen-bond donors (Lipinski definition) is 2. The Morgan fingerprint density at radius 1 is 1.16 bits per heavy atom. The fourth-order valence-corrected chi connectivity index (χ4v) is 1.55. The van der Waals surface area contributed by atoms with Gasteiger partial charge in [0.2, 0.25) is 5.91 Å². The summed E-state index contributed by atoms with van der Waals surface area (Å²) >= 11 is 0. The predicted molar refractivity (Wildman–Crippen MR) is 71.7 cm³/mol. The van der Waals surface area contributed by atoms with Crippen molar-refractivity contribution in [3.8, 4) is 0 Å². The molecule has 0 aliphatic heterocycles. The number of nitrogens with two attached hydrogens (primary N) is 1. The summed E-state index contributed by atoms with van der Waals surface area (Å²) in [6.07, 6.45) is 0. The Hall–Kier alpha value is -2.01. The minimum absolute atomic E-state index is 0.358. The molecule has 5 nitrogen and oxygen atoms in total. The average Bonchev–Trinajstić information content (AvgIpc) is 2.35. The molecule has 0 radical (unpaired) electrons. The Morgan fingerprint density at radius 3 is 2.11 bits per heavy atom. The Balaban J connectivity index is 3.00. The molecular weight excluding hydrogens is 244 g/mol. The van der Waals surface area contributed by atoms with Gasteiger partial charge in [-0.2, -0.15) is 0 Å². The Bertz CT molecular complexity index is 495. The van der Waals surface area contributed by atoms with E-state index >= 15 is 0 Å². The topological polar surface area (TPSA) is 89.3 Å². The maximum atomic E-state index is 12.3. The zero-order chi connectivity index (χ0) is 14.6. The molecule has 1 unspecified atom stereocenters. The van der Waals surface area contributed by atoms with Crippen molar-refractivity contribution in [1.82, 2.24) is 5.32 Å². The molecule has 0 aliphatic rings. The van der Waals surface area contributed by atoms with Crippen molar-refractivity contribution in [3.05, 3.63) is 35.9 Å². The zero-order valence-electron chi connectivity index (χ0n) is 11.3. The molecular formula is C14H18N2O3. The number of benzene rings is 1. The largest absolute Gasteiger partial charge is 0.368 e. The molecule has 1 aromatic rings. The second-order valence-corrected chi connectivity index (χ2v) is 4.91. The molecule has 19 heavy (non-hydrogen) atoms. The van der Waals surface area contributed by atoms with Gasteiger partial charge >= 0.3 is 0 Å². The summed E-state index contributed by atoms with van der Waals surface area (Å²) in [4.78, 5) is 35.2.